The summed E-state index contributed by atoms with van der Waals surface area (Å²) < 4.78 is 38.5. The van der Waals surface area contributed by atoms with Gasteiger partial charge in [0.25, 0.3) is 0 Å². The number of hydrogen-bond acceptors (Lipinski definition) is 2. The molecule has 2 N–H and O–H groups in total. The Hall–Kier alpha value is -2.34. The number of hydrogen-bond donors (Lipinski definition) is 1. The Morgan fingerprint density at radius 3 is 1.96 bits per heavy atom. The number of carbonyl (C=O) groups is 1. The second-order valence-electron chi connectivity index (χ2n) is 5.59. The molecule has 1 amide bonds. The summed E-state index contributed by atoms with van der Waals surface area (Å²) >= 11 is 0. The molecule has 0 aromatic heterocycles. The molecular formula is C18H19F3N2O. The van der Waals surface area contributed by atoms with Crippen LogP contribution < -0.4 is 5.73 Å². The molecule has 0 aliphatic carbocycles. The number of nitrogens with two attached hydrogens (primary N) is 1. The average Bonchev–Trinajstić information content (AvgIpc) is 2.54. The highest BCUT2D eigenvalue weighted by atomic mass is 19.4. The zero-order chi connectivity index (χ0) is 17.6. The van der Waals surface area contributed by atoms with Gasteiger partial charge >= 0.3 is 6.18 Å². The van der Waals surface area contributed by atoms with E-state index in [1.807, 2.05) is 6.07 Å². The first-order valence-corrected chi connectivity index (χ1v) is 7.54. The summed E-state index contributed by atoms with van der Waals surface area (Å²) in [7, 11) is 0. The zero-order valence-corrected chi connectivity index (χ0v) is 13.0. The summed E-state index contributed by atoms with van der Waals surface area (Å²) in [5, 5.41) is 0. The van der Waals surface area contributed by atoms with Crippen LogP contribution >= 0.6 is 0 Å². The number of alkyl halides is 3. The van der Waals surface area contributed by atoms with Crippen LogP contribution in [0.1, 0.15) is 11.1 Å². The number of rotatable bonds is 6. The van der Waals surface area contributed by atoms with E-state index in [-0.39, 0.29) is 13.0 Å². The van der Waals surface area contributed by atoms with Crippen molar-refractivity contribution in [3.05, 3.63) is 71.8 Å². The number of nitrogens with zero attached hydrogens (tertiary/aromatic N) is 1. The Kier molecular flexibility index (Phi) is 5.98. The first-order chi connectivity index (χ1) is 11.3. The molecule has 2 aromatic carbocycles. The molecule has 2 aromatic rings. The van der Waals surface area contributed by atoms with Gasteiger partial charge in [-0.2, -0.15) is 13.2 Å². The maximum atomic E-state index is 12.8. The van der Waals surface area contributed by atoms with Crippen molar-refractivity contribution >= 4 is 5.91 Å². The van der Waals surface area contributed by atoms with E-state index in [0.29, 0.717) is 5.56 Å². The molecule has 0 fully saturated rings. The second kappa shape index (κ2) is 7.97. The van der Waals surface area contributed by atoms with Gasteiger partial charge < -0.3 is 10.6 Å². The lowest BCUT2D eigenvalue weighted by atomic mass is 10.1. The molecule has 128 valence electrons. The fourth-order valence-electron chi connectivity index (χ4n) is 2.42. The van der Waals surface area contributed by atoms with Crippen molar-refractivity contribution < 1.29 is 18.0 Å². The van der Waals surface area contributed by atoms with Crippen LogP contribution in [0.15, 0.2) is 60.7 Å². The molecule has 3 nitrogen and oxygen atoms in total. The highest BCUT2D eigenvalue weighted by Gasteiger charge is 2.34. The first-order valence-electron chi connectivity index (χ1n) is 7.54. The molecule has 1 atom stereocenters. The number of benzene rings is 2. The largest absolute Gasteiger partial charge is 0.406 e. The van der Waals surface area contributed by atoms with Crippen LogP contribution in [0, 0.1) is 0 Å². The van der Waals surface area contributed by atoms with E-state index in [0.717, 1.165) is 10.5 Å². The van der Waals surface area contributed by atoms with E-state index in [2.05, 4.69) is 0 Å². The van der Waals surface area contributed by atoms with Crippen molar-refractivity contribution in [1.29, 1.82) is 0 Å². The Morgan fingerprint density at radius 2 is 1.46 bits per heavy atom. The van der Waals surface area contributed by atoms with Gasteiger partial charge in [0, 0.05) is 6.54 Å². The molecule has 0 radical (unpaired) electrons. The molecule has 0 saturated heterocycles. The Labute approximate surface area is 138 Å². The molecule has 6 heteroatoms. The third-order valence-corrected chi connectivity index (χ3v) is 3.51. The Bertz CT molecular complexity index is 644. The van der Waals surface area contributed by atoms with Gasteiger partial charge in [-0.3, -0.25) is 4.79 Å². The van der Waals surface area contributed by atoms with E-state index < -0.39 is 24.7 Å². The summed E-state index contributed by atoms with van der Waals surface area (Å²) in [6.07, 6.45) is -4.28. The third-order valence-electron chi connectivity index (χ3n) is 3.51. The molecule has 0 aliphatic heterocycles. The fourth-order valence-corrected chi connectivity index (χ4v) is 2.42. The van der Waals surface area contributed by atoms with Crippen LogP contribution in [-0.2, 0) is 17.8 Å². The zero-order valence-electron chi connectivity index (χ0n) is 13.0. The van der Waals surface area contributed by atoms with Crippen LogP contribution in [0.2, 0.25) is 0 Å². The average molecular weight is 336 g/mol. The monoisotopic (exact) mass is 336 g/mol. The minimum atomic E-state index is -4.48. The predicted octanol–water partition coefficient (Wildman–Crippen LogP) is 3.15. The van der Waals surface area contributed by atoms with Gasteiger partial charge in [0.15, 0.2) is 0 Å². The van der Waals surface area contributed by atoms with E-state index in [1.54, 1.807) is 54.6 Å². The van der Waals surface area contributed by atoms with Crippen molar-refractivity contribution in [3.63, 3.8) is 0 Å². The van der Waals surface area contributed by atoms with E-state index in [4.69, 9.17) is 5.73 Å². The topological polar surface area (TPSA) is 46.3 Å². The van der Waals surface area contributed by atoms with Gasteiger partial charge in [0.2, 0.25) is 5.91 Å². The van der Waals surface area contributed by atoms with Gasteiger partial charge in [-0.05, 0) is 17.5 Å². The summed E-state index contributed by atoms with van der Waals surface area (Å²) in [5.74, 6) is -0.708. The van der Waals surface area contributed by atoms with Gasteiger partial charge in [-0.15, -0.1) is 0 Å². The lowest BCUT2D eigenvalue weighted by molar-refractivity contribution is -0.163. The Balaban J connectivity index is 2.11. The quantitative estimate of drug-likeness (QED) is 0.881. The summed E-state index contributed by atoms with van der Waals surface area (Å²) in [4.78, 5) is 13.2. The molecule has 0 aliphatic rings. The Morgan fingerprint density at radius 1 is 0.958 bits per heavy atom. The summed E-state index contributed by atoms with van der Waals surface area (Å²) in [6, 6.07) is 16.5. The molecule has 0 unspecified atom stereocenters. The van der Waals surface area contributed by atoms with Crippen molar-refractivity contribution in [3.8, 4) is 0 Å². The molecule has 0 heterocycles. The fraction of sp³-hybridized carbons (Fsp3) is 0.278. The molecule has 0 bridgehead atoms. The van der Waals surface area contributed by atoms with E-state index >= 15 is 0 Å². The van der Waals surface area contributed by atoms with E-state index in [1.165, 1.54) is 0 Å². The first kappa shape index (κ1) is 18.0. The normalized spacial score (nSPS) is 12.7. The van der Waals surface area contributed by atoms with Crippen LogP contribution in [0.4, 0.5) is 13.2 Å². The van der Waals surface area contributed by atoms with Crippen molar-refractivity contribution in [2.45, 2.75) is 25.2 Å². The maximum Gasteiger partial charge on any atom is 0.406 e. The van der Waals surface area contributed by atoms with Crippen LogP contribution in [0.3, 0.4) is 0 Å². The van der Waals surface area contributed by atoms with Crippen molar-refractivity contribution in [2.75, 3.05) is 6.54 Å². The van der Waals surface area contributed by atoms with E-state index in [9.17, 15) is 18.0 Å². The lowest BCUT2D eigenvalue weighted by Gasteiger charge is -2.27. The highest BCUT2D eigenvalue weighted by Crippen LogP contribution is 2.19. The van der Waals surface area contributed by atoms with Crippen molar-refractivity contribution in [2.24, 2.45) is 5.73 Å². The smallest absolute Gasteiger partial charge is 0.328 e. The molecule has 2 rings (SSSR count). The molecular weight excluding hydrogens is 317 g/mol. The summed E-state index contributed by atoms with van der Waals surface area (Å²) in [6.45, 7) is -1.44. The predicted molar refractivity (Wildman–Crippen MR) is 86.0 cm³/mol. The lowest BCUT2D eigenvalue weighted by Crippen LogP contribution is -2.47. The number of carbonyl (C=O) groups excluding carboxylic acids is 1. The minimum absolute atomic E-state index is 0.123. The SMILES string of the molecule is N[C@@H](Cc1ccccc1)C(=O)N(Cc1ccccc1)CC(F)(F)F. The molecule has 0 spiro atoms. The van der Waals surface area contributed by atoms with Gasteiger partial charge in [-0.25, -0.2) is 0 Å². The maximum absolute atomic E-state index is 12.8. The van der Waals surface area contributed by atoms with Crippen LogP contribution in [-0.4, -0.2) is 29.6 Å². The van der Waals surface area contributed by atoms with Crippen LogP contribution in [0.25, 0.3) is 0 Å². The summed E-state index contributed by atoms with van der Waals surface area (Å²) in [5.41, 5.74) is 7.30. The van der Waals surface area contributed by atoms with Crippen LogP contribution in [0.5, 0.6) is 0 Å². The highest BCUT2D eigenvalue weighted by molar-refractivity contribution is 5.82. The second-order valence-corrected chi connectivity index (χ2v) is 5.59. The number of halogens is 3. The number of amides is 1. The van der Waals surface area contributed by atoms with Gasteiger partial charge in [0.1, 0.15) is 6.54 Å². The van der Waals surface area contributed by atoms with Gasteiger partial charge in [0.05, 0.1) is 6.04 Å². The van der Waals surface area contributed by atoms with Gasteiger partial charge in [-0.1, -0.05) is 60.7 Å². The standard InChI is InChI=1S/C18H19F3N2O/c19-18(20,21)13-23(12-15-9-5-2-6-10-15)17(24)16(22)11-14-7-3-1-4-8-14/h1-10,16H,11-13,22H2/t16-/m0/s1. The molecule has 0 saturated carbocycles. The third kappa shape index (κ3) is 5.70. The van der Waals surface area contributed by atoms with Crippen molar-refractivity contribution in [1.82, 2.24) is 4.90 Å². The molecule has 24 heavy (non-hydrogen) atoms. The minimum Gasteiger partial charge on any atom is -0.328 e.